The van der Waals surface area contributed by atoms with Crippen LogP contribution in [0.25, 0.3) is 0 Å². The number of anilines is 1. The first-order chi connectivity index (χ1) is 10.5. The Morgan fingerprint density at radius 3 is 2.73 bits per heavy atom. The molecule has 2 aromatic rings. The fourth-order valence-corrected chi connectivity index (χ4v) is 2.12. The molecule has 22 heavy (non-hydrogen) atoms. The van der Waals surface area contributed by atoms with Gasteiger partial charge < -0.3 is 10.1 Å². The number of amides is 1. The van der Waals surface area contributed by atoms with Crippen molar-refractivity contribution in [3.63, 3.8) is 0 Å². The molecule has 0 aliphatic heterocycles. The van der Waals surface area contributed by atoms with Gasteiger partial charge in [-0.3, -0.25) is 4.79 Å². The molecule has 0 aliphatic rings. The third-order valence-electron chi connectivity index (χ3n) is 2.71. The molecule has 0 bridgehead atoms. The molecule has 0 radical (unpaired) electrons. The van der Waals surface area contributed by atoms with Gasteiger partial charge in [-0.05, 0) is 30.7 Å². The van der Waals surface area contributed by atoms with E-state index in [0.29, 0.717) is 23.1 Å². The summed E-state index contributed by atoms with van der Waals surface area (Å²) in [5, 5.41) is 3.58. The molecular formula is C15H13Cl3N2O2. The quantitative estimate of drug-likeness (QED) is 0.757. The maximum Gasteiger partial charge on any atom is 0.257 e. The molecule has 116 valence electrons. The molecule has 0 spiro atoms. The summed E-state index contributed by atoms with van der Waals surface area (Å²) >= 11 is 17.6. The molecule has 4 nitrogen and oxygen atoms in total. The largest absolute Gasteiger partial charge is 0.491 e. The second-order valence-electron chi connectivity index (χ2n) is 4.44. The number of hydrogen-bond acceptors (Lipinski definition) is 3. The predicted octanol–water partition coefficient (Wildman–Crippen LogP) is 5.08. The first-order valence-electron chi connectivity index (χ1n) is 6.56. The van der Waals surface area contributed by atoms with Crippen LogP contribution in [0, 0.1) is 0 Å². The van der Waals surface area contributed by atoms with Crippen molar-refractivity contribution < 1.29 is 9.53 Å². The first kappa shape index (κ1) is 16.9. The first-order valence-corrected chi connectivity index (χ1v) is 7.69. The highest BCUT2D eigenvalue weighted by Crippen LogP contribution is 2.29. The molecule has 1 heterocycles. The Morgan fingerprint density at radius 2 is 2.05 bits per heavy atom. The zero-order chi connectivity index (χ0) is 16.1. The number of ether oxygens (including phenoxy) is 1. The number of benzene rings is 1. The highest BCUT2D eigenvalue weighted by atomic mass is 35.5. The number of nitrogens with one attached hydrogen (secondary N) is 1. The van der Waals surface area contributed by atoms with Crippen LogP contribution in [-0.4, -0.2) is 17.5 Å². The van der Waals surface area contributed by atoms with Gasteiger partial charge in [0.1, 0.15) is 10.9 Å². The van der Waals surface area contributed by atoms with E-state index < -0.39 is 0 Å². The lowest BCUT2D eigenvalue weighted by Gasteiger charge is -2.12. The minimum atomic E-state index is -0.380. The van der Waals surface area contributed by atoms with Gasteiger partial charge in [-0.2, -0.15) is 0 Å². The zero-order valence-electron chi connectivity index (χ0n) is 11.7. The number of halogens is 3. The van der Waals surface area contributed by atoms with Crippen LogP contribution in [0.5, 0.6) is 5.75 Å². The molecule has 0 saturated heterocycles. The maximum atomic E-state index is 12.3. The summed E-state index contributed by atoms with van der Waals surface area (Å²) in [6, 6.07) is 6.47. The number of pyridine rings is 1. The lowest BCUT2D eigenvalue weighted by molar-refractivity contribution is 0.102. The van der Waals surface area contributed by atoms with E-state index >= 15 is 0 Å². The van der Waals surface area contributed by atoms with Crippen LogP contribution in [0.2, 0.25) is 15.2 Å². The van der Waals surface area contributed by atoms with Crippen molar-refractivity contribution in [1.82, 2.24) is 4.98 Å². The fraction of sp³-hybridized carbons (Fsp3) is 0.200. The summed E-state index contributed by atoms with van der Waals surface area (Å²) in [7, 11) is 0. The third-order valence-corrected chi connectivity index (χ3v) is 3.63. The molecule has 0 atom stereocenters. The second kappa shape index (κ2) is 7.68. The Balaban J connectivity index is 2.23. The lowest BCUT2D eigenvalue weighted by atomic mass is 10.2. The van der Waals surface area contributed by atoms with Crippen molar-refractivity contribution in [2.75, 3.05) is 11.9 Å². The monoisotopic (exact) mass is 358 g/mol. The molecule has 1 amide bonds. The van der Waals surface area contributed by atoms with Crippen LogP contribution in [0.1, 0.15) is 23.7 Å². The summed E-state index contributed by atoms with van der Waals surface area (Å²) in [6.07, 6.45) is 2.20. The van der Waals surface area contributed by atoms with Gasteiger partial charge in [0.05, 0.1) is 22.9 Å². The fourth-order valence-electron chi connectivity index (χ4n) is 1.68. The van der Waals surface area contributed by atoms with E-state index in [4.69, 9.17) is 39.5 Å². The predicted molar refractivity (Wildman–Crippen MR) is 89.4 cm³/mol. The highest BCUT2D eigenvalue weighted by Gasteiger charge is 2.13. The number of rotatable bonds is 5. The topological polar surface area (TPSA) is 51.2 Å². The van der Waals surface area contributed by atoms with Crippen LogP contribution in [0.4, 0.5) is 5.69 Å². The van der Waals surface area contributed by atoms with E-state index in [9.17, 15) is 4.79 Å². The molecule has 1 aromatic heterocycles. The van der Waals surface area contributed by atoms with Gasteiger partial charge in [0.2, 0.25) is 0 Å². The van der Waals surface area contributed by atoms with E-state index in [2.05, 4.69) is 10.3 Å². The molecule has 7 heteroatoms. The smallest absolute Gasteiger partial charge is 0.257 e. The van der Waals surface area contributed by atoms with Gasteiger partial charge in [0.25, 0.3) is 5.91 Å². The van der Waals surface area contributed by atoms with E-state index in [1.165, 1.54) is 12.3 Å². The number of nitrogens with zero attached hydrogens (tertiary/aromatic N) is 1. The summed E-state index contributed by atoms with van der Waals surface area (Å²) in [4.78, 5) is 16.1. The number of carbonyl (C=O) groups is 1. The molecule has 0 saturated carbocycles. The lowest BCUT2D eigenvalue weighted by Crippen LogP contribution is -2.13. The minimum Gasteiger partial charge on any atom is -0.491 e. The zero-order valence-corrected chi connectivity index (χ0v) is 14.0. The average Bonchev–Trinajstić information content (AvgIpc) is 2.49. The van der Waals surface area contributed by atoms with Crippen molar-refractivity contribution in [2.45, 2.75) is 13.3 Å². The van der Waals surface area contributed by atoms with Crippen molar-refractivity contribution in [3.05, 3.63) is 51.2 Å². The number of carbonyl (C=O) groups excluding carboxylic acids is 1. The van der Waals surface area contributed by atoms with Crippen molar-refractivity contribution in [3.8, 4) is 5.75 Å². The van der Waals surface area contributed by atoms with Crippen molar-refractivity contribution in [2.24, 2.45) is 0 Å². The average molecular weight is 360 g/mol. The highest BCUT2D eigenvalue weighted by molar-refractivity contribution is 6.41. The summed E-state index contributed by atoms with van der Waals surface area (Å²) in [5.41, 5.74) is 0.771. The molecule has 0 fully saturated rings. The number of aromatic nitrogens is 1. The van der Waals surface area contributed by atoms with Gasteiger partial charge in [0, 0.05) is 11.2 Å². The van der Waals surface area contributed by atoms with Crippen LogP contribution in [-0.2, 0) is 0 Å². The van der Waals surface area contributed by atoms with E-state index in [1.54, 1.807) is 18.2 Å². The molecule has 1 aromatic carbocycles. The van der Waals surface area contributed by atoms with Crippen LogP contribution >= 0.6 is 34.8 Å². The molecule has 2 rings (SSSR count). The Labute approximate surface area is 143 Å². The minimum absolute atomic E-state index is 0.146. The Kier molecular flexibility index (Phi) is 5.89. The standard InChI is InChI=1S/C15H13Cl3N2O2/c1-2-5-22-13-4-3-10(16)7-12(13)20-15(21)9-6-11(17)14(18)19-8-9/h3-4,6-8H,2,5H2,1H3,(H,20,21). The van der Waals surface area contributed by atoms with Crippen LogP contribution in [0.15, 0.2) is 30.5 Å². The van der Waals surface area contributed by atoms with Crippen LogP contribution < -0.4 is 10.1 Å². The third kappa shape index (κ3) is 4.26. The van der Waals surface area contributed by atoms with E-state index in [-0.39, 0.29) is 21.6 Å². The Hall–Kier alpha value is -1.49. The van der Waals surface area contributed by atoms with Gasteiger partial charge >= 0.3 is 0 Å². The summed E-state index contributed by atoms with van der Waals surface area (Å²) in [5.74, 6) is 0.169. The SMILES string of the molecule is CCCOc1ccc(Cl)cc1NC(=O)c1cnc(Cl)c(Cl)c1. The van der Waals surface area contributed by atoms with Crippen molar-refractivity contribution in [1.29, 1.82) is 0 Å². The Bertz CT molecular complexity index is 692. The van der Waals surface area contributed by atoms with Gasteiger partial charge in [-0.15, -0.1) is 0 Å². The second-order valence-corrected chi connectivity index (χ2v) is 5.64. The summed E-state index contributed by atoms with van der Waals surface area (Å²) in [6.45, 7) is 2.54. The van der Waals surface area contributed by atoms with E-state index in [0.717, 1.165) is 6.42 Å². The summed E-state index contributed by atoms with van der Waals surface area (Å²) < 4.78 is 5.58. The number of hydrogen-bond donors (Lipinski definition) is 1. The molecule has 0 aliphatic carbocycles. The molecule has 0 unspecified atom stereocenters. The normalized spacial score (nSPS) is 10.4. The molecule has 1 N–H and O–H groups in total. The molecular weight excluding hydrogens is 347 g/mol. The van der Waals surface area contributed by atoms with Crippen LogP contribution in [0.3, 0.4) is 0 Å². The van der Waals surface area contributed by atoms with E-state index in [1.807, 2.05) is 6.92 Å². The van der Waals surface area contributed by atoms with Gasteiger partial charge in [-0.1, -0.05) is 41.7 Å². The Morgan fingerprint density at radius 1 is 1.27 bits per heavy atom. The van der Waals surface area contributed by atoms with Gasteiger partial charge in [0.15, 0.2) is 0 Å². The van der Waals surface area contributed by atoms with Crippen molar-refractivity contribution >= 4 is 46.4 Å². The maximum absolute atomic E-state index is 12.3. The van der Waals surface area contributed by atoms with Gasteiger partial charge in [-0.25, -0.2) is 4.98 Å².